The number of aromatic carboxylic acids is 1. The standard InChI is InChI=1S/C11H14N2O4/c1-11(2,3)17-10(16)13-8-6-7(9(14)15)4-5-12-8/h4-6H,1-3H3,(H,14,15)(H,12,13,16)/i4D,5D,6D. The van der Waals surface area contributed by atoms with Gasteiger partial charge in [-0.1, -0.05) is 0 Å². The number of carbonyl (C=O) groups excluding carboxylic acids is 1. The van der Waals surface area contributed by atoms with Crippen LogP contribution in [-0.2, 0) is 4.74 Å². The number of carbonyl (C=O) groups is 2. The average molecular weight is 241 g/mol. The van der Waals surface area contributed by atoms with E-state index in [1.54, 1.807) is 20.8 Å². The van der Waals surface area contributed by atoms with Crippen LogP contribution >= 0.6 is 0 Å². The van der Waals surface area contributed by atoms with Gasteiger partial charge in [-0.25, -0.2) is 14.6 Å². The molecule has 1 heterocycles. The summed E-state index contributed by atoms with van der Waals surface area (Å²) in [4.78, 5) is 26.0. The molecule has 0 aliphatic carbocycles. The Morgan fingerprint density at radius 2 is 2.18 bits per heavy atom. The lowest BCUT2D eigenvalue weighted by Gasteiger charge is -2.19. The molecule has 0 unspecified atom stereocenters. The molecule has 6 heteroatoms. The molecule has 0 aliphatic heterocycles. The number of pyridine rings is 1. The number of carboxylic acids is 1. The Bertz CT molecular complexity index is 570. The lowest BCUT2D eigenvalue weighted by molar-refractivity contribution is 0.0632. The van der Waals surface area contributed by atoms with E-state index in [4.69, 9.17) is 14.0 Å². The third-order valence-corrected chi connectivity index (χ3v) is 1.43. The van der Waals surface area contributed by atoms with Gasteiger partial charge in [0.25, 0.3) is 0 Å². The smallest absolute Gasteiger partial charge is 0.413 e. The van der Waals surface area contributed by atoms with Crippen LogP contribution in [0.3, 0.4) is 0 Å². The highest BCUT2D eigenvalue weighted by Crippen LogP contribution is 2.11. The van der Waals surface area contributed by atoms with Gasteiger partial charge in [-0.15, -0.1) is 0 Å². The predicted octanol–water partition coefficient (Wildman–Crippen LogP) is 2.13. The second-order valence-electron chi connectivity index (χ2n) is 4.13. The van der Waals surface area contributed by atoms with Crippen molar-refractivity contribution in [1.29, 1.82) is 0 Å². The van der Waals surface area contributed by atoms with Gasteiger partial charge in [0.2, 0.25) is 0 Å². The Labute approximate surface area is 103 Å². The average Bonchev–Trinajstić information content (AvgIpc) is 2.22. The van der Waals surface area contributed by atoms with Gasteiger partial charge in [-0.3, -0.25) is 5.32 Å². The second kappa shape index (κ2) is 4.82. The van der Waals surface area contributed by atoms with Gasteiger partial charge in [0, 0.05) is 6.17 Å². The molecule has 1 aromatic rings. The molecule has 2 N–H and O–H groups in total. The lowest BCUT2D eigenvalue weighted by atomic mass is 10.2. The third kappa shape index (κ3) is 4.50. The zero-order chi connectivity index (χ0) is 15.7. The minimum Gasteiger partial charge on any atom is -0.478 e. The summed E-state index contributed by atoms with van der Waals surface area (Å²) in [6.45, 7) is 4.90. The van der Waals surface area contributed by atoms with E-state index in [9.17, 15) is 9.59 Å². The molecule has 1 amide bonds. The Morgan fingerprint density at radius 1 is 1.53 bits per heavy atom. The van der Waals surface area contributed by atoms with Crippen LogP contribution in [0, 0.1) is 0 Å². The van der Waals surface area contributed by atoms with Crippen LogP contribution in [-0.4, -0.2) is 27.8 Å². The van der Waals surface area contributed by atoms with Gasteiger partial charge in [0.05, 0.1) is 9.68 Å². The van der Waals surface area contributed by atoms with Crippen molar-refractivity contribution in [3.05, 3.63) is 23.8 Å². The first-order chi connectivity index (χ1) is 9.03. The topological polar surface area (TPSA) is 88.5 Å². The summed E-state index contributed by atoms with van der Waals surface area (Å²) in [5.41, 5.74) is -1.47. The van der Waals surface area contributed by atoms with Crippen molar-refractivity contribution < 1.29 is 23.5 Å². The quantitative estimate of drug-likeness (QED) is 0.827. The van der Waals surface area contributed by atoms with Crippen LogP contribution in [0.2, 0.25) is 0 Å². The van der Waals surface area contributed by atoms with E-state index < -0.39 is 47.3 Å². The molecule has 0 aliphatic rings. The summed E-state index contributed by atoms with van der Waals surface area (Å²) in [6, 6.07) is -1.33. The molecule has 1 aromatic heterocycles. The summed E-state index contributed by atoms with van der Waals surface area (Å²) >= 11 is 0. The SMILES string of the molecule is [2H]c1nc(NC(=O)OC(C)(C)C)c([2H])c(C(=O)O)c1[2H]. The van der Waals surface area contributed by atoms with Crippen molar-refractivity contribution in [2.75, 3.05) is 5.32 Å². The number of amides is 1. The monoisotopic (exact) mass is 241 g/mol. The van der Waals surface area contributed by atoms with Crippen molar-refractivity contribution in [2.45, 2.75) is 26.4 Å². The molecule has 92 valence electrons. The van der Waals surface area contributed by atoms with E-state index in [2.05, 4.69) is 10.3 Å². The van der Waals surface area contributed by atoms with E-state index in [1.807, 2.05) is 0 Å². The van der Waals surface area contributed by atoms with Crippen molar-refractivity contribution in [3.8, 4) is 0 Å². The molecule has 0 saturated carbocycles. The molecule has 0 radical (unpaired) electrons. The summed E-state index contributed by atoms with van der Waals surface area (Å²) < 4.78 is 27.3. The zero-order valence-electron chi connectivity index (χ0n) is 12.6. The summed E-state index contributed by atoms with van der Waals surface area (Å²) in [7, 11) is 0. The maximum Gasteiger partial charge on any atom is 0.413 e. The van der Waals surface area contributed by atoms with Crippen LogP contribution in [0.25, 0.3) is 0 Å². The molecule has 0 atom stereocenters. The highest BCUT2D eigenvalue weighted by Gasteiger charge is 2.16. The zero-order valence-corrected chi connectivity index (χ0v) is 9.62. The highest BCUT2D eigenvalue weighted by molar-refractivity contribution is 5.90. The van der Waals surface area contributed by atoms with E-state index in [0.717, 1.165) is 0 Å². The van der Waals surface area contributed by atoms with Crippen molar-refractivity contribution in [1.82, 2.24) is 4.98 Å². The minimum atomic E-state index is -1.54. The molecule has 0 saturated heterocycles. The maximum atomic E-state index is 11.5. The fraction of sp³-hybridized carbons (Fsp3) is 0.364. The molecule has 17 heavy (non-hydrogen) atoms. The maximum absolute atomic E-state index is 11.5. The number of aromatic nitrogens is 1. The number of rotatable bonds is 2. The molecule has 0 spiro atoms. The first kappa shape index (κ1) is 8.98. The van der Waals surface area contributed by atoms with Gasteiger partial charge < -0.3 is 9.84 Å². The van der Waals surface area contributed by atoms with Gasteiger partial charge in [-0.2, -0.15) is 0 Å². The van der Waals surface area contributed by atoms with E-state index in [-0.39, 0.29) is 0 Å². The molecule has 0 bridgehead atoms. The number of carboxylic acid groups (broad SMARTS) is 1. The van der Waals surface area contributed by atoms with Gasteiger partial charge in [0.1, 0.15) is 11.4 Å². The number of hydrogen-bond donors (Lipinski definition) is 2. The van der Waals surface area contributed by atoms with Crippen LogP contribution in [0.5, 0.6) is 0 Å². The van der Waals surface area contributed by atoms with Crippen LogP contribution in [0.15, 0.2) is 18.3 Å². The summed E-state index contributed by atoms with van der Waals surface area (Å²) in [5, 5.41) is 11.0. The first-order valence-corrected chi connectivity index (χ1v) is 4.74. The Kier molecular flexibility index (Phi) is 2.54. The summed E-state index contributed by atoms with van der Waals surface area (Å²) in [6.07, 6.45) is -1.57. The first-order valence-electron chi connectivity index (χ1n) is 6.24. The largest absolute Gasteiger partial charge is 0.478 e. The number of nitrogens with zero attached hydrogens (tertiary/aromatic N) is 1. The lowest BCUT2D eigenvalue weighted by Crippen LogP contribution is -2.27. The second-order valence-corrected chi connectivity index (χ2v) is 4.13. The molecule has 0 fully saturated rings. The molecule has 0 aromatic carbocycles. The van der Waals surface area contributed by atoms with Crippen molar-refractivity contribution in [3.63, 3.8) is 0 Å². The van der Waals surface area contributed by atoms with Gasteiger partial charge >= 0.3 is 12.1 Å². The molecule has 6 nitrogen and oxygen atoms in total. The van der Waals surface area contributed by atoms with Crippen molar-refractivity contribution in [2.24, 2.45) is 0 Å². The minimum absolute atomic E-state index is 0.433. The Balaban J connectivity index is 3.15. The molecular weight excluding hydrogens is 224 g/mol. The Morgan fingerprint density at radius 3 is 2.71 bits per heavy atom. The van der Waals surface area contributed by atoms with Crippen LogP contribution < -0.4 is 5.32 Å². The van der Waals surface area contributed by atoms with Gasteiger partial charge in [0.15, 0.2) is 0 Å². The predicted molar refractivity (Wildman–Crippen MR) is 61.1 cm³/mol. The van der Waals surface area contributed by atoms with Crippen molar-refractivity contribution >= 4 is 17.9 Å². The molecule has 1 rings (SSSR count). The van der Waals surface area contributed by atoms with Crippen LogP contribution in [0.1, 0.15) is 35.2 Å². The normalized spacial score (nSPS) is 13.2. The van der Waals surface area contributed by atoms with E-state index >= 15 is 0 Å². The number of hydrogen-bond acceptors (Lipinski definition) is 4. The van der Waals surface area contributed by atoms with Gasteiger partial charge in [-0.05, 0) is 32.9 Å². The third-order valence-electron chi connectivity index (χ3n) is 1.43. The van der Waals surface area contributed by atoms with E-state index in [0.29, 0.717) is 0 Å². The summed E-state index contributed by atoms with van der Waals surface area (Å²) in [5.74, 6) is -1.97. The number of anilines is 1. The highest BCUT2D eigenvalue weighted by atomic mass is 16.6. The molecular formula is C11H14N2O4. The van der Waals surface area contributed by atoms with E-state index in [1.165, 1.54) is 0 Å². The fourth-order valence-corrected chi connectivity index (χ4v) is 0.884. The van der Waals surface area contributed by atoms with Crippen LogP contribution in [0.4, 0.5) is 10.6 Å². The fourth-order valence-electron chi connectivity index (χ4n) is 0.884. The number of ether oxygens (including phenoxy) is 1. The Hall–Kier alpha value is -2.11. The number of nitrogens with one attached hydrogen (secondary N) is 1.